The number of aromatic nitrogens is 1. The molecule has 0 fully saturated rings. The molecule has 2 N–H and O–H groups in total. The summed E-state index contributed by atoms with van der Waals surface area (Å²) in [6.45, 7) is 4.28. The molecule has 1 heterocycles. The first-order valence-corrected chi connectivity index (χ1v) is 5.32. The second-order valence-corrected chi connectivity index (χ2v) is 4.14. The van der Waals surface area contributed by atoms with Crippen LogP contribution in [0.4, 0.5) is 0 Å². The van der Waals surface area contributed by atoms with Crippen LogP contribution in [-0.4, -0.2) is 4.98 Å². The zero-order valence-electron chi connectivity index (χ0n) is 8.00. The quantitative estimate of drug-likeness (QED) is 0.886. The number of nitrogens with zero attached hydrogens (tertiary/aromatic N) is 1. The summed E-state index contributed by atoms with van der Waals surface area (Å²) in [5, 5.41) is 0. The summed E-state index contributed by atoms with van der Waals surface area (Å²) in [5.74, 6) is 0.464. The Labute approximate surface area is 87.7 Å². The van der Waals surface area contributed by atoms with Crippen LogP contribution in [0.15, 0.2) is 22.8 Å². The van der Waals surface area contributed by atoms with E-state index in [1.54, 1.807) is 6.20 Å². The Kier molecular flexibility index (Phi) is 3.88. The first kappa shape index (κ1) is 10.7. The monoisotopic (exact) mass is 242 g/mol. The molecule has 3 heteroatoms. The van der Waals surface area contributed by atoms with E-state index in [0.717, 1.165) is 16.6 Å². The van der Waals surface area contributed by atoms with Gasteiger partial charge in [0.1, 0.15) is 0 Å². The van der Waals surface area contributed by atoms with E-state index < -0.39 is 0 Å². The topological polar surface area (TPSA) is 38.9 Å². The second kappa shape index (κ2) is 4.72. The maximum Gasteiger partial charge on any atom is 0.0715 e. The summed E-state index contributed by atoms with van der Waals surface area (Å²) in [6.07, 6.45) is 2.85. The van der Waals surface area contributed by atoms with E-state index in [4.69, 9.17) is 5.73 Å². The average molecular weight is 243 g/mol. The smallest absolute Gasteiger partial charge is 0.0715 e. The number of hydrogen-bond acceptors (Lipinski definition) is 2. The van der Waals surface area contributed by atoms with Crippen LogP contribution in [0.25, 0.3) is 0 Å². The van der Waals surface area contributed by atoms with Gasteiger partial charge < -0.3 is 5.73 Å². The Bertz CT molecular complexity index is 275. The van der Waals surface area contributed by atoms with Gasteiger partial charge in [0.25, 0.3) is 0 Å². The van der Waals surface area contributed by atoms with E-state index in [1.165, 1.54) is 0 Å². The molecule has 1 rings (SSSR count). The highest BCUT2D eigenvalue weighted by atomic mass is 79.9. The Morgan fingerprint density at radius 2 is 2.31 bits per heavy atom. The molecule has 0 saturated carbocycles. The van der Waals surface area contributed by atoms with Crippen LogP contribution in [-0.2, 0) is 0 Å². The molecule has 0 aliphatic carbocycles. The van der Waals surface area contributed by atoms with Gasteiger partial charge in [0.15, 0.2) is 0 Å². The second-order valence-electron chi connectivity index (χ2n) is 3.28. The molecule has 1 aromatic heterocycles. The fraction of sp³-hybridized carbons (Fsp3) is 0.500. The van der Waals surface area contributed by atoms with Crippen molar-refractivity contribution in [3.8, 4) is 0 Å². The highest BCUT2D eigenvalue weighted by molar-refractivity contribution is 9.10. The molecular weight excluding hydrogens is 228 g/mol. The van der Waals surface area contributed by atoms with Crippen molar-refractivity contribution >= 4 is 15.9 Å². The Balaban J connectivity index is 2.88. The molecule has 2 unspecified atom stereocenters. The van der Waals surface area contributed by atoms with E-state index in [2.05, 4.69) is 34.8 Å². The molecule has 0 amide bonds. The Morgan fingerprint density at radius 3 is 2.85 bits per heavy atom. The van der Waals surface area contributed by atoms with Crippen molar-refractivity contribution in [2.45, 2.75) is 26.3 Å². The molecule has 72 valence electrons. The number of hydrogen-bond donors (Lipinski definition) is 1. The molecule has 0 aliphatic heterocycles. The van der Waals surface area contributed by atoms with Gasteiger partial charge in [-0.25, -0.2) is 0 Å². The lowest BCUT2D eigenvalue weighted by atomic mass is 9.97. The van der Waals surface area contributed by atoms with Gasteiger partial charge in [0.2, 0.25) is 0 Å². The van der Waals surface area contributed by atoms with E-state index in [-0.39, 0.29) is 6.04 Å². The summed E-state index contributed by atoms with van der Waals surface area (Å²) in [4.78, 5) is 4.28. The lowest BCUT2D eigenvalue weighted by Gasteiger charge is -2.18. The number of pyridine rings is 1. The van der Waals surface area contributed by atoms with Crippen LogP contribution in [0.3, 0.4) is 0 Å². The van der Waals surface area contributed by atoms with Crippen LogP contribution in [0.2, 0.25) is 0 Å². The predicted octanol–water partition coefficient (Wildman–Crippen LogP) is 2.89. The highest BCUT2D eigenvalue weighted by Gasteiger charge is 2.16. The van der Waals surface area contributed by atoms with Gasteiger partial charge in [0.05, 0.1) is 11.7 Å². The maximum atomic E-state index is 6.06. The molecule has 1 aromatic rings. The number of nitrogens with two attached hydrogens (primary N) is 1. The molecule has 13 heavy (non-hydrogen) atoms. The minimum absolute atomic E-state index is 0.0283. The summed E-state index contributed by atoms with van der Waals surface area (Å²) in [7, 11) is 0. The Morgan fingerprint density at radius 1 is 1.62 bits per heavy atom. The van der Waals surface area contributed by atoms with Gasteiger partial charge in [-0.05, 0) is 34.0 Å². The summed E-state index contributed by atoms with van der Waals surface area (Å²) < 4.78 is 1.00. The third kappa shape index (κ3) is 2.51. The van der Waals surface area contributed by atoms with Crippen LogP contribution in [0.5, 0.6) is 0 Å². The minimum atomic E-state index is 0.0283. The molecule has 2 nitrogen and oxygen atoms in total. The van der Waals surface area contributed by atoms with Gasteiger partial charge in [-0.3, -0.25) is 4.98 Å². The fourth-order valence-corrected chi connectivity index (χ4v) is 1.69. The lowest BCUT2D eigenvalue weighted by Crippen LogP contribution is -2.20. The molecule has 0 radical (unpaired) electrons. The predicted molar refractivity (Wildman–Crippen MR) is 58.3 cm³/mol. The van der Waals surface area contributed by atoms with Crippen molar-refractivity contribution < 1.29 is 0 Å². The normalized spacial score (nSPS) is 15.4. The van der Waals surface area contributed by atoms with E-state index >= 15 is 0 Å². The summed E-state index contributed by atoms with van der Waals surface area (Å²) >= 11 is 3.45. The van der Waals surface area contributed by atoms with Gasteiger partial charge in [0, 0.05) is 10.7 Å². The van der Waals surface area contributed by atoms with Gasteiger partial charge in [-0.1, -0.05) is 20.3 Å². The third-order valence-electron chi connectivity index (χ3n) is 2.36. The number of halogens is 1. The van der Waals surface area contributed by atoms with Crippen molar-refractivity contribution in [3.05, 3.63) is 28.5 Å². The summed E-state index contributed by atoms with van der Waals surface area (Å²) in [5.41, 5.74) is 7.01. The highest BCUT2D eigenvalue weighted by Crippen LogP contribution is 2.25. The van der Waals surface area contributed by atoms with Crippen LogP contribution >= 0.6 is 15.9 Å². The zero-order chi connectivity index (χ0) is 9.84. The van der Waals surface area contributed by atoms with Crippen molar-refractivity contribution in [2.24, 2.45) is 11.7 Å². The molecule has 0 aliphatic rings. The summed E-state index contributed by atoms with van der Waals surface area (Å²) in [6, 6.07) is 3.90. The third-order valence-corrected chi connectivity index (χ3v) is 3.03. The molecule has 0 aromatic carbocycles. The largest absolute Gasteiger partial charge is 0.322 e. The maximum absolute atomic E-state index is 6.06. The lowest BCUT2D eigenvalue weighted by molar-refractivity contribution is 0.447. The van der Waals surface area contributed by atoms with Crippen molar-refractivity contribution in [3.63, 3.8) is 0 Å². The molecular formula is C10H15BrN2. The van der Waals surface area contributed by atoms with Gasteiger partial charge in [-0.15, -0.1) is 0 Å². The molecule has 0 saturated heterocycles. The average Bonchev–Trinajstić information content (AvgIpc) is 2.16. The molecule has 0 spiro atoms. The van der Waals surface area contributed by atoms with Gasteiger partial charge in [-0.2, -0.15) is 0 Å². The van der Waals surface area contributed by atoms with Crippen molar-refractivity contribution in [1.29, 1.82) is 0 Å². The van der Waals surface area contributed by atoms with E-state index in [9.17, 15) is 0 Å². The van der Waals surface area contributed by atoms with Gasteiger partial charge >= 0.3 is 0 Å². The molecule has 2 atom stereocenters. The fourth-order valence-electron chi connectivity index (χ4n) is 1.17. The first-order valence-electron chi connectivity index (χ1n) is 4.52. The van der Waals surface area contributed by atoms with Crippen molar-refractivity contribution in [1.82, 2.24) is 4.98 Å². The van der Waals surface area contributed by atoms with Crippen LogP contribution in [0.1, 0.15) is 32.0 Å². The zero-order valence-corrected chi connectivity index (χ0v) is 9.58. The first-order chi connectivity index (χ1) is 6.16. The van der Waals surface area contributed by atoms with E-state index in [1.807, 2.05) is 12.1 Å². The van der Waals surface area contributed by atoms with Crippen LogP contribution in [0, 0.1) is 5.92 Å². The SMILES string of the molecule is CCC(C)C(N)c1ncccc1Br. The minimum Gasteiger partial charge on any atom is -0.322 e. The van der Waals surface area contributed by atoms with Crippen molar-refractivity contribution in [2.75, 3.05) is 0 Å². The standard InChI is InChI=1S/C10H15BrN2/c1-3-7(2)9(12)10-8(11)5-4-6-13-10/h4-7,9H,3,12H2,1-2H3. The Hall–Kier alpha value is -0.410. The van der Waals surface area contributed by atoms with E-state index in [0.29, 0.717) is 5.92 Å². The van der Waals surface area contributed by atoms with Crippen LogP contribution < -0.4 is 5.73 Å². The molecule has 0 bridgehead atoms. The number of rotatable bonds is 3.